The lowest BCUT2D eigenvalue weighted by Gasteiger charge is -2.09. The molecule has 3 nitrogen and oxygen atoms in total. The van der Waals surface area contributed by atoms with Gasteiger partial charge in [0.25, 0.3) is 5.91 Å². The van der Waals surface area contributed by atoms with Crippen LogP contribution in [0.3, 0.4) is 0 Å². The molecule has 7 heteroatoms. The Hall–Kier alpha value is -2.34. The summed E-state index contributed by atoms with van der Waals surface area (Å²) in [4.78, 5) is 11.8. The van der Waals surface area contributed by atoms with Gasteiger partial charge in [0.05, 0.1) is 11.8 Å². The minimum atomic E-state index is -4.49. The van der Waals surface area contributed by atoms with Crippen LogP contribution in [0.25, 0.3) is 0 Å². The van der Waals surface area contributed by atoms with Gasteiger partial charge < -0.3 is 0 Å². The number of rotatable bonds is 3. The molecule has 0 bridgehead atoms. The predicted octanol–water partition coefficient (Wildman–Crippen LogP) is 4.12. The molecule has 22 heavy (non-hydrogen) atoms. The Balaban J connectivity index is 2.12. The topological polar surface area (TPSA) is 41.5 Å². The summed E-state index contributed by atoms with van der Waals surface area (Å²) in [5.41, 5.74) is 1.45. The summed E-state index contributed by atoms with van der Waals surface area (Å²) in [5, 5.41) is 3.93. The summed E-state index contributed by atoms with van der Waals surface area (Å²) in [6.45, 7) is 0. The molecular weight excluding hydrogens is 317 g/mol. The number of amides is 1. The van der Waals surface area contributed by atoms with Crippen LogP contribution < -0.4 is 5.43 Å². The Labute approximate surface area is 129 Å². The maximum Gasteiger partial charge on any atom is 0.417 e. The zero-order chi connectivity index (χ0) is 16.2. The molecule has 0 heterocycles. The van der Waals surface area contributed by atoms with Crippen molar-refractivity contribution in [2.45, 2.75) is 6.18 Å². The van der Waals surface area contributed by atoms with Crippen molar-refractivity contribution in [1.82, 2.24) is 5.43 Å². The van der Waals surface area contributed by atoms with E-state index in [1.54, 1.807) is 12.1 Å². The van der Waals surface area contributed by atoms with E-state index in [4.69, 9.17) is 11.6 Å². The number of carbonyl (C=O) groups is 1. The van der Waals surface area contributed by atoms with Crippen molar-refractivity contribution in [1.29, 1.82) is 0 Å². The highest BCUT2D eigenvalue weighted by Gasteiger charge is 2.32. The summed E-state index contributed by atoms with van der Waals surface area (Å²) >= 11 is 5.75. The first-order valence-corrected chi connectivity index (χ1v) is 6.51. The van der Waals surface area contributed by atoms with E-state index in [-0.39, 0.29) is 11.1 Å². The van der Waals surface area contributed by atoms with Crippen molar-refractivity contribution < 1.29 is 18.0 Å². The lowest BCUT2D eigenvalue weighted by molar-refractivity contribution is -0.137. The molecule has 2 rings (SSSR count). The second kappa shape index (κ2) is 6.62. The van der Waals surface area contributed by atoms with Crippen molar-refractivity contribution in [3.8, 4) is 0 Å². The Kier molecular flexibility index (Phi) is 4.82. The maximum absolute atomic E-state index is 12.8. The molecule has 0 saturated heterocycles. The highest BCUT2D eigenvalue weighted by Crippen LogP contribution is 2.31. The summed E-state index contributed by atoms with van der Waals surface area (Å²) in [7, 11) is 0. The van der Waals surface area contributed by atoms with Gasteiger partial charge in [-0.05, 0) is 24.3 Å². The molecule has 1 N–H and O–H groups in total. The van der Waals surface area contributed by atoms with Crippen LogP contribution in [0.15, 0.2) is 53.6 Å². The molecule has 2 aromatic carbocycles. The first-order chi connectivity index (χ1) is 10.4. The van der Waals surface area contributed by atoms with Crippen molar-refractivity contribution in [2.75, 3.05) is 0 Å². The second-order valence-corrected chi connectivity index (χ2v) is 4.73. The van der Waals surface area contributed by atoms with E-state index in [2.05, 4.69) is 10.5 Å². The predicted molar refractivity (Wildman–Crippen MR) is 78.0 cm³/mol. The molecule has 0 atom stereocenters. The fourth-order valence-corrected chi connectivity index (χ4v) is 1.91. The van der Waals surface area contributed by atoms with Gasteiger partial charge in [-0.15, -0.1) is 0 Å². The second-order valence-electron chi connectivity index (χ2n) is 4.29. The number of carbonyl (C=O) groups excluding carboxylic acids is 1. The van der Waals surface area contributed by atoms with Crippen molar-refractivity contribution in [3.63, 3.8) is 0 Å². The summed E-state index contributed by atoms with van der Waals surface area (Å²) < 4.78 is 38.3. The SMILES string of the molecule is O=C(N/N=C\c1ccccc1C(F)(F)F)c1cccc(Cl)c1. The first-order valence-electron chi connectivity index (χ1n) is 6.13. The smallest absolute Gasteiger partial charge is 0.267 e. The van der Waals surface area contributed by atoms with Gasteiger partial charge in [-0.2, -0.15) is 18.3 Å². The number of alkyl halides is 3. The maximum atomic E-state index is 12.8. The molecular formula is C15H10ClF3N2O. The third-order valence-electron chi connectivity index (χ3n) is 2.72. The van der Waals surface area contributed by atoms with Gasteiger partial charge in [-0.25, -0.2) is 5.43 Å². The molecule has 0 spiro atoms. The van der Waals surface area contributed by atoms with Crippen LogP contribution >= 0.6 is 11.6 Å². The van der Waals surface area contributed by atoms with Crippen molar-refractivity contribution >= 4 is 23.7 Å². The Morgan fingerprint density at radius 3 is 2.55 bits per heavy atom. The van der Waals surface area contributed by atoms with Gasteiger partial charge in [0, 0.05) is 16.1 Å². The largest absolute Gasteiger partial charge is 0.417 e. The number of nitrogens with one attached hydrogen (secondary N) is 1. The zero-order valence-corrected chi connectivity index (χ0v) is 11.8. The number of hydrogen-bond donors (Lipinski definition) is 1. The first kappa shape index (κ1) is 16.0. The highest BCUT2D eigenvalue weighted by atomic mass is 35.5. The van der Waals surface area contributed by atoms with E-state index in [0.29, 0.717) is 5.02 Å². The van der Waals surface area contributed by atoms with Crippen LogP contribution in [-0.2, 0) is 6.18 Å². The summed E-state index contributed by atoms with van der Waals surface area (Å²) in [6.07, 6.45) is -3.54. The van der Waals surface area contributed by atoms with Crippen LogP contribution in [0.1, 0.15) is 21.5 Å². The minimum Gasteiger partial charge on any atom is -0.267 e. The monoisotopic (exact) mass is 326 g/mol. The molecule has 0 radical (unpaired) electrons. The quantitative estimate of drug-likeness (QED) is 0.669. The molecule has 0 aliphatic rings. The summed E-state index contributed by atoms with van der Waals surface area (Å²) in [6, 6.07) is 11.1. The van der Waals surface area contributed by atoms with Crippen LogP contribution in [0.4, 0.5) is 13.2 Å². The molecule has 0 saturated carbocycles. The molecule has 0 aliphatic carbocycles. The van der Waals surface area contributed by atoms with Crippen LogP contribution in [-0.4, -0.2) is 12.1 Å². The lowest BCUT2D eigenvalue weighted by Crippen LogP contribution is -2.18. The molecule has 0 aromatic heterocycles. The van der Waals surface area contributed by atoms with E-state index in [0.717, 1.165) is 12.3 Å². The van der Waals surface area contributed by atoms with E-state index in [1.165, 1.54) is 30.3 Å². The highest BCUT2D eigenvalue weighted by molar-refractivity contribution is 6.30. The van der Waals surface area contributed by atoms with E-state index >= 15 is 0 Å². The summed E-state index contributed by atoms with van der Waals surface area (Å²) in [5.74, 6) is -0.566. The number of hydrogen-bond acceptors (Lipinski definition) is 2. The third-order valence-corrected chi connectivity index (χ3v) is 2.96. The van der Waals surface area contributed by atoms with Crippen molar-refractivity contribution in [2.24, 2.45) is 5.10 Å². The number of benzene rings is 2. The third kappa shape index (κ3) is 4.08. The lowest BCUT2D eigenvalue weighted by atomic mass is 10.1. The van der Waals surface area contributed by atoms with Gasteiger partial charge in [0.15, 0.2) is 0 Å². The number of hydrazone groups is 1. The van der Waals surface area contributed by atoms with E-state index < -0.39 is 17.6 Å². The van der Waals surface area contributed by atoms with Gasteiger partial charge in [0.1, 0.15) is 0 Å². The van der Waals surface area contributed by atoms with Crippen molar-refractivity contribution in [3.05, 3.63) is 70.2 Å². The standard InChI is InChI=1S/C15H10ClF3N2O/c16-12-6-3-5-10(8-12)14(22)21-20-9-11-4-1-2-7-13(11)15(17,18)19/h1-9H,(H,21,22)/b20-9-. The fraction of sp³-hybridized carbons (Fsp3) is 0.0667. The van der Waals surface area contributed by atoms with E-state index in [1.807, 2.05) is 0 Å². The van der Waals surface area contributed by atoms with Crippen LogP contribution in [0, 0.1) is 0 Å². The number of nitrogens with zero attached hydrogens (tertiary/aromatic N) is 1. The average molecular weight is 327 g/mol. The fourth-order valence-electron chi connectivity index (χ4n) is 1.72. The normalized spacial score (nSPS) is 11.6. The molecule has 2 aromatic rings. The van der Waals surface area contributed by atoms with Gasteiger partial charge in [-0.3, -0.25) is 4.79 Å². The van der Waals surface area contributed by atoms with Gasteiger partial charge >= 0.3 is 6.18 Å². The van der Waals surface area contributed by atoms with Crippen LogP contribution in [0.5, 0.6) is 0 Å². The van der Waals surface area contributed by atoms with Crippen LogP contribution in [0.2, 0.25) is 5.02 Å². The number of halogens is 4. The Morgan fingerprint density at radius 2 is 1.86 bits per heavy atom. The average Bonchev–Trinajstić information content (AvgIpc) is 2.46. The molecule has 0 aliphatic heterocycles. The molecule has 114 valence electrons. The molecule has 0 fully saturated rings. The van der Waals surface area contributed by atoms with E-state index in [9.17, 15) is 18.0 Å². The Morgan fingerprint density at radius 1 is 1.14 bits per heavy atom. The van der Waals surface area contributed by atoms with Gasteiger partial charge in [-0.1, -0.05) is 35.9 Å². The zero-order valence-electron chi connectivity index (χ0n) is 11.1. The Bertz CT molecular complexity index is 714. The van der Waals surface area contributed by atoms with Gasteiger partial charge in [0.2, 0.25) is 0 Å². The molecule has 0 unspecified atom stereocenters. The minimum absolute atomic E-state index is 0.138. The molecule has 1 amide bonds.